The molecule has 0 atom stereocenters. The summed E-state index contributed by atoms with van der Waals surface area (Å²) in [6.07, 6.45) is 0. The first-order valence-corrected chi connectivity index (χ1v) is 5.83. The van der Waals surface area contributed by atoms with E-state index in [1.54, 1.807) is 5.38 Å². The molecule has 0 aliphatic carbocycles. The number of rotatable bonds is 4. The molecular formula is C6H6N6O2S2. The van der Waals surface area contributed by atoms with Crippen molar-refractivity contribution < 1.29 is 9.90 Å². The first kappa shape index (κ1) is 10.8. The molecule has 84 valence electrons. The van der Waals surface area contributed by atoms with Gasteiger partial charge in [-0.3, -0.25) is 4.79 Å². The summed E-state index contributed by atoms with van der Waals surface area (Å²) in [6, 6.07) is 0. The molecule has 0 spiro atoms. The predicted molar refractivity (Wildman–Crippen MR) is 57.4 cm³/mol. The number of carbonyl (C=O) groups is 1. The van der Waals surface area contributed by atoms with Gasteiger partial charge < -0.3 is 10.9 Å². The number of hydrogen-bond donors (Lipinski definition) is 2. The predicted octanol–water partition coefficient (Wildman–Crippen LogP) is -0.313. The number of carboxylic acids is 1. The standard InChI is InChI=1S/C6H6N6O2S2/c7-12-5(3-1-16-11-8-3)9-10-6(12)15-2-4(13)14/h1H,2,7H2,(H,13,14). The van der Waals surface area contributed by atoms with Crippen LogP contribution in [0.5, 0.6) is 0 Å². The van der Waals surface area contributed by atoms with Gasteiger partial charge in [0.2, 0.25) is 11.0 Å². The summed E-state index contributed by atoms with van der Waals surface area (Å²) in [5, 5.41) is 21.9. The lowest BCUT2D eigenvalue weighted by Gasteiger charge is -1.99. The Bertz CT molecular complexity index is 495. The summed E-state index contributed by atoms with van der Waals surface area (Å²) >= 11 is 2.17. The number of carboxylic acid groups (broad SMARTS) is 1. The molecule has 0 aliphatic rings. The van der Waals surface area contributed by atoms with E-state index in [4.69, 9.17) is 10.9 Å². The number of hydrogen-bond acceptors (Lipinski definition) is 8. The van der Waals surface area contributed by atoms with Crippen LogP contribution in [0, 0.1) is 0 Å². The molecule has 0 saturated heterocycles. The number of aliphatic carboxylic acids is 1. The van der Waals surface area contributed by atoms with E-state index in [9.17, 15) is 4.79 Å². The smallest absolute Gasteiger partial charge is 0.313 e. The average Bonchev–Trinajstić information content (AvgIpc) is 2.84. The van der Waals surface area contributed by atoms with E-state index >= 15 is 0 Å². The van der Waals surface area contributed by atoms with Crippen LogP contribution in [0.2, 0.25) is 0 Å². The van der Waals surface area contributed by atoms with E-state index in [1.807, 2.05) is 0 Å². The fraction of sp³-hybridized carbons (Fsp3) is 0.167. The normalized spacial score (nSPS) is 10.5. The van der Waals surface area contributed by atoms with Gasteiger partial charge in [0.1, 0.15) is 5.69 Å². The highest BCUT2D eigenvalue weighted by molar-refractivity contribution is 7.99. The maximum absolute atomic E-state index is 10.4. The molecule has 16 heavy (non-hydrogen) atoms. The molecule has 0 bridgehead atoms. The van der Waals surface area contributed by atoms with Crippen molar-refractivity contribution in [1.82, 2.24) is 24.5 Å². The second-order valence-electron chi connectivity index (χ2n) is 2.65. The van der Waals surface area contributed by atoms with Crippen molar-refractivity contribution >= 4 is 29.3 Å². The molecule has 2 aromatic heterocycles. The van der Waals surface area contributed by atoms with Crippen LogP contribution in [0.25, 0.3) is 11.5 Å². The van der Waals surface area contributed by atoms with Gasteiger partial charge in [-0.2, -0.15) is 0 Å². The third-order valence-electron chi connectivity index (χ3n) is 1.58. The van der Waals surface area contributed by atoms with E-state index in [-0.39, 0.29) is 5.75 Å². The van der Waals surface area contributed by atoms with Crippen molar-refractivity contribution in [2.75, 3.05) is 11.6 Å². The van der Waals surface area contributed by atoms with Crippen molar-refractivity contribution in [3.63, 3.8) is 0 Å². The maximum Gasteiger partial charge on any atom is 0.313 e. The van der Waals surface area contributed by atoms with Crippen molar-refractivity contribution in [2.45, 2.75) is 5.16 Å². The van der Waals surface area contributed by atoms with Gasteiger partial charge in [-0.1, -0.05) is 16.3 Å². The molecule has 2 rings (SSSR count). The largest absolute Gasteiger partial charge is 0.481 e. The Morgan fingerprint density at radius 1 is 1.56 bits per heavy atom. The fourth-order valence-corrected chi connectivity index (χ4v) is 1.95. The zero-order valence-electron chi connectivity index (χ0n) is 7.77. The summed E-state index contributed by atoms with van der Waals surface area (Å²) in [5.41, 5.74) is 0.516. The highest BCUT2D eigenvalue weighted by Crippen LogP contribution is 2.20. The molecule has 8 nitrogen and oxygen atoms in total. The Balaban J connectivity index is 2.21. The first-order chi connectivity index (χ1) is 7.68. The highest BCUT2D eigenvalue weighted by Gasteiger charge is 2.14. The molecule has 0 radical (unpaired) electrons. The Kier molecular flexibility index (Phi) is 3.01. The summed E-state index contributed by atoms with van der Waals surface area (Å²) < 4.78 is 4.88. The van der Waals surface area contributed by atoms with Crippen molar-refractivity contribution in [3.05, 3.63) is 5.38 Å². The van der Waals surface area contributed by atoms with Gasteiger partial charge in [-0.05, 0) is 11.5 Å². The molecule has 0 fully saturated rings. The lowest BCUT2D eigenvalue weighted by atomic mass is 10.5. The van der Waals surface area contributed by atoms with E-state index in [1.165, 1.54) is 16.2 Å². The first-order valence-electron chi connectivity index (χ1n) is 4.01. The van der Waals surface area contributed by atoms with E-state index < -0.39 is 5.97 Å². The van der Waals surface area contributed by atoms with Crippen molar-refractivity contribution in [3.8, 4) is 11.5 Å². The van der Waals surface area contributed by atoms with Gasteiger partial charge in [0, 0.05) is 5.38 Å². The van der Waals surface area contributed by atoms with Gasteiger partial charge in [-0.25, -0.2) is 4.68 Å². The summed E-state index contributed by atoms with van der Waals surface area (Å²) in [5.74, 6) is 5.00. The van der Waals surface area contributed by atoms with Crippen LogP contribution >= 0.6 is 23.3 Å². The average molecular weight is 258 g/mol. The number of thioether (sulfide) groups is 1. The number of nitrogens with zero attached hydrogens (tertiary/aromatic N) is 5. The molecule has 2 aromatic rings. The van der Waals surface area contributed by atoms with Crippen LogP contribution < -0.4 is 5.84 Å². The molecular weight excluding hydrogens is 252 g/mol. The minimum absolute atomic E-state index is 0.120. The fourth-order valence-electron chi connectivity index (χ4n) is 0.938. The monoisotopic (exact) mass is 258 g/mol. The SMILES string of the molecule is Nn1c(SCC(=O)O)nnc1-c1csnn1. The van der Waals surface area contributed by atoms with Crippen LogP contribution in [0.1, 0.15) is 0 Å². The lowest BCUT2D eigenvalue weighted by Crippen LogP contribution is -2.12. The minimum atomic E-state index is -0.940. The Morgan fingerprint density at radius 3 is 3.00 bits per heavy atom. The Morgan fingerprint density at radius 2 is 2.38 bits per heavy atom. The van der Waals surface area contributed by atoms with Crippen molar-refractivity contribution in [1.29, 1.82) is 0 Å². The summed E-state index contributed by atoms with van der Waals surface area (Å²) in [4.78, 5) is 10.4. The molecule has 0 aromatic carbocycles. The maximum atomic E-state index is 10.4. The summed E-state index contributed by atoms with van der Waals surface area (Å²) in [7, 11) is 0. The molecule has 10 heteroatoms. The zero-order valence-corrected chi connectivity index (χ0v) is 9.40. The van der Waals surface area contributed by atoms with Crippen LogP contribution in [-0.4, -0.2) is 41.3 Å². The highest BCUT2D eigenvalue weighted by atomic mass is 32.2. The zero-order chi connectivity index (χ0) is 11.5. The molecule has 0 unspecified atom stereocenters. The van der Waals surface area contributed by atoms with E-state index in [0.29, 0.717) is 16.7 Å². The number of nitrogens with two attached hydrogens (primary N) is 1. The third kappa shape index (κ3) is 2.12. The topological polar surface area (TPSA) is 120 Å². The summed E-state index contributed by atoms with van der Waals surface area (Å²) in [6.45, 7) is 0. The minimum Gasteiger partial charge on any atom is -0.481 e. The Labute approximate surface area is 97.6 Å². The van der Waals surface area contributed by atoms with Crippen LogP contribution in [0.3, 0.4) is 0 Å². The number of aromatic nitrogens is 5. The van der Waals surface area contributed by atoms with Gasteiger partial charge >= 0.3 is 5.97 Å². The molecule has 0 aliphatic heterocycles. The van der Waals surface area contributed by atoms with Gasteiger partial charge in [0.05, 0.1) is 5.75 Å². The van der Waals surface area contributed by atoms with Gasteiger partial charge in [0.15, 0.2) is 0 Å². The van der Waals surface area contributed by atoms with E-state index in [0.717, 1.165) is 11.8 Å². The second kappa shape index (κ2) is 4.45. The van der Waals surface area contributed by atoms with Gasteiger partial charge in [-0.15, -0.1) is 15.3 Å². The number of nitrogen functional groups attached to an aromatic ring is 1. The van der Waals surface area contributed by atoms with Crippen LogP contribution in [-0.2, 0) is 4.79 Å². The second-order valence-corrected chi connectivity index (χ2v) is 4.20. The molecule has 0 saturated carbocycles. The molecule has 2 heterocycles. The van der Waals surface area contributed by atoms with Crippen molar-refractivity contribution in [2.24, 2.45) is 0 Å². The van der Waals surface area contributed by atoms with E-state index in [2.05, 4.69) is 19.8 Å². The lowest BCUT2D eigenvalue weighted by molar-refractivity contribution is -0.133. The molecule has 3 N–H and O–H groups in total. The third-order valence-corrected chi connectivity index (χ3v) is 3.01. The van der Waals surface area contributed by atoms with Gasteiger partial charge in [0.25, 0.3) is 0 Å². The quantitative estimate of drug-likeness (QED) is 0.566. The molecule has 0 amide bonds. The van der Waals surface area contributed by atoms with Crippen LogP contribution in [0.4, 0.5) is 0 Å². The Hall–Kier alpha value is -1.68. The van der Waals surface area contributed by atoms with Crippen LogP contribution in [0.15, 0.2) is 10.5 Å².